The number of fused-ring (bicyclic) bond motifs is 1. The van der Waals surface area contributed by atoms with Gasteiger partial charge in [-0.25, -0.2) is 0 Å². The van der Waals surface area contributed by atoms with Crippen molar-refractivity contribution in [1.82, 2.24) is 25.3 Å². The summed E-state index contributed by atoms with van der Waals surface area (Å²) >= 11 is 4.99. The van der Waals surface area contributed by atoms with Gasteiger partial charge >= 0.3 is 195 Å². The largest absolute Gasteiger partial charge is 1.00 e. The molecule has 0 aliphatic heterocycles. The summed E-state index contributed by atoms with van der Waals surface area (Å²) in [4.78, 5) is 60.7. The Morgan fingerprint density at radius 1 is 1.21 bits per heavy atom. The predicted octanol–water partition coefficient (Wildman–Crippen LogP) is -0.0760. The number of aromatic nitrogens is 4. The van der Waals surface area contributed by atoms with Crippen molar-refractivity contribution >= 4 is 40.6 Å². The van der Waals surface area contributed by atoms with E-state index in [0.29, 0.717) is 11.4 Å². The number of aromatic amines is 1. The number of hydrogen-bond acceptors (Lipinski definition) is 9. The fourth-order valence-corrected chi connectivity index (χ4v) is 3.12. The summed E-state index contributed by atoms with van der Waals surface area (Å²) in [7, 11) is 0. The van der Waals surface area contributed by atoms with Crippen molar-refractivity contribution in [3.05, 3.63) is 52.1 Å². The van der Waals surface area contributed by atoms with Crippen LogP contribution in [0.5, 0.6) is 0 Å². The van der Waals surface area contributed by atoms with Gasteiger partial charge in [0.15, 0.2) is 0 Å². The smallest absolute Gasteiger partial charge is 1.00 e. The summed E-state index contributed by atoms with van der Waals surface area (Å²) in [6, 6.07) is 4.71. The first kappa shape index (κ1) is 23.6. The zero-order valence-corrected chi connectivity index (χ0v) is 17.8. The average molecular weight is 500 g/mol. The second-order valence-corrected chi connectivity index (χ2v) is 7.35. The molecule has 0 saturated heterocycles. The molecule has 33 heavy (non-hydrogen) atoms. The van der Waals surface area contributed by atoms with Gasteiger partial charge in [0.1, 0.15) is 0 Å². The molecule has 0 aliphatic rings. The van der Waals surface area contributed by atoms with Gasteiger partial charge < -0.3 is 0 Å². The second kappa shape index (κ2) is 10.0. The quantitative estimate of drug-likeness (QED) is 0.246. The topological polar surface area (TPSA) is 204 Å². The Bertz CT molecular complexity index is 1270. The molecule has 0 fully saturated rings. The molecule has 13 nitrogen and oxygen atoms in total. The van der Waals surface area contributed by atoms with Gasteiger partial charge in [0.25, 0.3) is 0 Å². The van der Waals surface area contributed by atoms with Crippen LogP contribution in [0.4, 0.5) is 11.6 Å². The van der Waals surface area contributed by atoms with E-state index in [2.05, 4.69) is 25.3 Å². The van der Waals surface area contributed by atoms with Crippen molar-refractivity contribution in [3.8, 4) is 0 Å². The molecular weight excluding hydrogens is 481 g/mol. The van der Waals surface area contributed by atoms with E-state index in [1.165, 1.54) is 22.3 Å². The third kappa shape index (κ3) is 6.01. The van der Waals surface area contributed by atoms with Crippen molar-refractivity contribution < 1.29 is 41.7 Å². The summed E-state index contributed by atoms with van der Waals surface area (Å²) in [6.07, 6.45) is 0.804. The summed E-state index contributed by atoms with van der Waals surface area (Å²) in [5.41, 5.74) is 6.24. The number of aliphatic carboxylic acids is 2. The Kier molecular flexibility index (Phi) is 7.18. The molecule has 175 valence electrons. The molecule has 0 aliphatic carbocycles. The zero-order valence-electron chi connectivity index (χ0n) is 17.8. The van der Waals surface area contributed by atoms with E-state index in [-0.39, 0.29) is 37.1 Å². The minimum atomic E-state index is -1.33. The summed E-state index contributed by atoms with van der Waals surface area (Å²) in [6.45, 7) is 0.134. The number of H-pyrrole nitrogens is 1. The van der Waals surface area contributed by atoms with Gasteiger partial charge in [-0.1, -0.05) is 0 Å². The van der Waals surface area contributed by atoms with E-state index in [4.69, 9.17) is 31.6 Å². The van der Waals surface area contributed by atoms with Gasteiger partial charge in [0, 0.05) is 0 Å². The maximum Gasteiger partial charge on any atom is 1.00 e. The third-order valence-electron chi connectivity index (χ3n) is 4.43. The molecule has 2 aromatic heterocycles. The van der Waals surface area contributed by atoms with E-state index in [9.17, 15) is 19.2 Å². The average Bonchev–Trinajstić information content (AvgIpc) is 2.76. The molecule has 6 N–H and O–H groups in total. The summed E-state index contributed by atoms with van der Waals surface area (Å²) in [5, 5.41) is 20.2. The van der Waals surface area contributed by atoms with Crippen LogP contribution < -0.4 is 20.6 Å². The van der Waals surface area contributed by atoms with Crippen molar-refractivity contribution in [2.24, 2.45) is 0 Å². The number of nitrogens with two attached hydrogens (primary N) is 1. The van der Waals surface area contributed by atoms with Crippen LogP contribution in [0.25, 0.3) is 11.2 Å². The molecule has 0 spiro atoms. The van der Waals surface area contributed by atoms with Crippen molar-refractivity contribution in [3.63, 3.8) is 0 Å². The van der Waals surface area contributed by atoms with Crippen molar-refractivity contribution in [2.75, 3.05) is 9.71 Å². The fraction of sp³-hybridized carbons (Fsp3) is 0.211. The van der Waals surface area contributed by atoms with Crippen molar-refractivity contribution in [2.45, 2.75) is 25.4 Å². The first-order chi connectivity index (χ1) is 15.6. The van der Waals surface area contributed by atoms with E-state index in [0.717, 1.165) is 0 Å². The van der Waals surface area contributed by atoms with Gasteiger partial charge in [-0.15, -0.1) is 0 Å². The number of amides is 1. The van der Waals surface area contributed by atoms with Crippen LogP contribution in [0.15, 0.2) is 35.3 Å². The Hall–Kier alpha value is -4.06. The normalized spacial score (nSPS) is 11.7. The Morgan fingerprint density at radius 3 is 2.55 bits per heavy atom. The summed E-state index contributed by atoms with van der Waals surface area (Å²) < 4.78 is 1.43. The molecule has 1 atom stereocenters. The Labute approximate surface area is 195 Å². The van der Waals surface area contributed by atoms with Gasteiger partial charge in [0.05, 0.1) is 0 Å². The SMILES string of the molecule is Nc1nc(=O)c2nc(C[N]([Ni])c3ccc(C(=O)N[C@@H](CCC(=O)O)C(=O)O)cc3)cnc2[nH]1.[H+]. The van der Waals surface area contributed by atoms with Crippen molar-refractivity contribution in [1.29, 1.82) is 0 Å². The predicted molar refractivity (Wildman–Crippen MR) is 112 cm³/mol. The molecule has 0 saturated carbocycles. The number of rotatable bonds is 9. The summed E-state index contributed by atoms with van der Waals surface area (Å²) in [5.74, 6) is -3.21. The van der Waals surface area contributed by atoms with E-state index in [1.54, 1.807) is 12.1 Å². The standard InChI is InChI=1S/C19H19N7O6.Ni/c20-19-25-15-14(17(30)26-19)23-11(8-22-15)7-21-10-3-1-9(2-4-10)16(29)24-12(18(31)32)5-6-13(27)28;/h1-4,8,12H,5-7H2,(H7,20,21,22,24,25,26,27,28,29,30,31,32);/q;+1/t12-;/m0./s1. The second-order valence-electron chi connectivity index (χ2n) is 6.82. The molecule has 0 bridgehead atoms. The molecule has 3 rings (SSSR count). The Morgan fingerprint density at radius 2 is 1.91 bits per heavy atom. The van der Waals surface area contributed by atoms with E-state index < -0.39 is 35.9 Å². The molecule has 3 aromatic rings. The van der Waals surface area contributed by atoms with Crippen LogP contribution in [0.1, 0.15) is 30.3 Å². The number of benzene rings is 1. The van der Waals surface area contributed by atoms with Crippen LogP contribution in [-0.4, -0.2) is 54.0 Å². The number of hydrogen-bond donors (Lipinski definition) is 5. The van der Waals surface area contributed by atoms with Gasteiger partial charge in [-0.05, 0) is 0 Å². The molecule has 1 aromatic carbocycles. The van der Waals surface area contributed by atoms with Gasteiger partial charge in [0.2, 0.25) is 0 Å². The van der Waals surface area contributed by atoms with E-state index in [1.807, 2.05) is 0 Å². The maximum absolute atomic E-state index is 12.3. The number of nitrogens with one attached hydrogen (secondary N) is 2. The molecule has 2 heterocycles. The number of nitrogens with zero attached hydrogens (tertiary/aromatic N) is 4. The van der Waals surface area contributed by atoms with Crippen LogP contribution in [0, 0.1) is 0 Å². The first-order valence-corrected chi connectivity index (χ1v) is 9.85. The molecule has 1 amide bonds. The monoisotopic (exact) mass is 499 g/mol. The van der Waals surface area contributed by atoms with Gasteiger partial charge in [-0.2, -0.15) is 0 Å². The zero-order chi connectivity index (χ0) is 24.1. The number of carbonyl (C=O) groups is 3. The molecule has 0 unspecified atom stereocenters. The molecule has 14 heteroatoms. The number of nitrogen functional groups attached to an aromatic ring is 1. The number of carboxylic acid groups (broad SMARTS) is 2. The van der Waals surface area contributed by atoms with Gasteiger partial charge in [-0.3, -0.25) is 0 Å². The minimum Gasteiger partial charge on any atom is 1.00 e. The van der Waals surface area contributed by atoms with E-state index >= 15 is 0 Å². The van der Waals surface area contributed by atoms with Crippen LogP contribution in [0.3, 0.4) is 0 Å². The molecule has 0 radical (unpaired) electrons. The van der Waals surface area contributed by atoms with Crippen LogP contribution >= 0.6 is 0 Å². The minimum absolute atomic E-state index is 0. The number of carbonyl (C=O) groups excluding carboxylic acids is 1. The van der Waals surface area contributed by atoms with Crippen LogP contribution in [0.2, 0.25) is 0 Å². The maximum atomic E-state index is 12.3. The number of carboxylic acids is 2. The molecular formula is C19H19N7NiO6+. The third-order valence-corrected chi connectivity index (χ3v) is 4.84. The Balaban J connectivity index is 0.00000408. The van der Waals surface area contributed by atoms with Crippen LogP contribution in [-0.2, 0) is 31.8 Å². The first-order valence-electron chi connectivity index (χ1n) is 9.41. The fourth-order valence-electron chi connectivity index (χ4n) is 2.81. The number of anilines is 2.